The molecule has 1 atom stereocenters. The third kappa shape index (κ3) is 3.74. The van der Waals surface area contributed by atoms with Gasteiger partial charge in [0.2, 0.25) is 0 Å². The number of alkyl halides is 1. The monoisotopic (exact) mass is 241 g/mol. The van der Waals surface area contributed by atoms with E-state index in [1.54, 1.807) is 31.4 Å². The fraction of sp³-hybridized carbons (Fsp3) is 0.417. The molecule has 1 N–H and O–H groups in total. The van der Waals surface area contributed by atoms with E-state index in [1.165, 1.54) is 0 Å². The summed E-state index contributed by atoms with van der Waals surface area (Å²) in [4.78, 5) is 11.7. The molecule has 1 aromatic rings. The Hall–Kier alpha value is -1.22. The van der Waals surface area contributed by atoms with Gasteiger partial charge in [-0.25, -0.2) is 0 Å². The van der Waals surface area contributed by atoms with Gasteiger partial charge in [-0.05, 0) is 30.7 Å². The average molecular weight is 242 g/mol. The minimum Gasteiger partial charge on any atom is -0.497 e. The van der Waals surface area contributed by atoms with Crippen LogP contribution in [-0.2, 0) is 0 Å². The van der Waals surface area contributed by atoms with Crippen molar-refractivity contribution in [2.45, 2.75) is 18.7 Å². The highest BCUT2D eigenvalue weighted by Gasteiger charge is 2.07. The molecule has 0 saturated carbocycles. The molecular weight excluding hydrogens is 226 g/mol. The molecule has 0 radical (unpaired) electrons. The lowest BCUT2D eigenvalue weighted by molar-refractivity contribution is 0.0953. The van der Waals surface area contributed by atoms with Crippen molar-refractivity contribution in [3.63, 3.8) is 0 Å². The van der Waals surface area contributed by atoms with E-state index >= 15 is 0 Å². The lowest BCUT2D eigenvalue weighted by Gasteiger charge is -2.08. The van der Waals surface area contributed by atoms with Gasteiger partial charge in [0.1, 0.15) is 5.75 Å². The summed E-state index contributed by atoms with van der Waals surface area (Å²) < 4.78 is 5.01. The number of carbonyl (C=O) groups is 1. The van der Waals surface area contributed by atoms with Crippen LogP contribution in [0.2, 0.25) is 0 Å². The molecular formula is C12H16ClNO2. The average Bonchev–Trinajstić information content (AvgIpc) is 2.35. The number of halogens is 1. The van der Waals surface area contributed by atoms with Gasteiger partial charge >= 0.3 is 0 Å². The molecule has 0 aliphatic rings. The molecule has 0 saturated heterocycles. The second kappa shape index (κ2) is 6.38. The number of rotatable bonds is 5. The molecule has 16 heavy (non-hydrogen) atoms. The summed E-state index contributed by atoms with van der Waals surface area (Å²) in [6, 6.07) is 6.96. The fourth-order valence-corrected chi connectivity index (χ4v) is 1.27. The molecule has 0 spiro atoms. The van der Waals surface area contributed by atoms with Crippen LogP contribution < -0.4 is 10.1 Å². The van der Waals surface area contributed by atoms with E-state index in [1.807, 2.05) is 6.92 Å². The Labute approximate surface area is 101 Å². The lowest BCUT2D eigenvalue weighted by Crippen LogP contribution is -2.29. The van der Waals surface area contributed by atoms with Crippen molar-refractivity contribution < 1.29 is 9.53 Å². The Balaban J connectivity index is 2.52. The first-order chi connectivity index (χ1) is 7.67. The minimum absolute atomic E-state index is 0.0119. The summed E-state index contributed by atoms with van der Waals surface area (Å²) in [6.07, 6.45) is 0.838. The predicted octanol–water partition coefficient (Wildman–Crippen LogP) is 2.44. The molecule has 0 bridgehead atoms. The number of hydrogen-bond donors (Lipinski definition) is 1. The van der Waals surface area contributed by atoms with E-state index < -0.39 is 0 Å². The number of benzene rings is 1. The second-order valence-electron chi connectivity index (χ2n) is 3.44. The molecule has 3 nitrogen and oxygen atoms in total. The zero-order valence-corrected chi connectivity index (χ0v) is 10.3. The topological polar surface area (TPSA) is 38.3 Å². The molecule has 1 amide bonds. The maximum absolute atomic E-state index is 11.7. The summed E-state index contributed by atoms with van der Waals surface area (Å²) >= 11 is 5.91. The summed E-state index contributed by atoms with van der Waals surface area (Å²) in [5.74, 6) is 0.627. The molecule has 0 fully saturated rings. The molecule has 0 aliphatic heterocycles. The van der Waals surface area contributed by atoms with Crippen LogP contribution in [0.25, 0.3) is 0 Å². The maximum Gasteiger partial charge on any atom is 0.251 e. The Kier molecular flexibility index (Phi) is 5.12. The van der Waals surface area contributed by atoms with Crippen molar-refractivity contribution in [3.05, 3.63) is 29.8 Å². The van der Waals surface area contributed by atoms with Gasteiger partial charge in [-0.1, -0.05) is 6.92 Å². The van der Waals surface area contributed by atoms with E-state index in [0.29, 0.717) is 12.1 Å². The predicted molar refractivity (Wildman–Crippen MR) is 65.3 cm³/mol. The zero-order chi connectivity index (χ0) is 12.0. The van der Waals surface area contributed by atoms with Crippen molar-refractivity contribution in [3.8, 4) is 5.75 Å². The van der Waals surface area contributed by atoms with E-state index in [4.69, 9.17) is 16.3 Å². The molecule has 1 rings (SSSR count). The van der Waals surface area contributed by atoms with Crippen LogP contribution in [0.3, 0.4) is 0 Å². The molecule has 4 heteroatoms. The summed E-state index contributed by atoms with van der Waals surface area (Å²) in [5.41, 5.74) is 0.612. The Bertz CT molecular complexity index is 337. The van der Waals surface area contributed by atoms with Gasteiger partial charge in [0.05, 0.1) is 12.5 Å². The summed E-state index contributed by atoms with van der Waals surface area (Å²) in [6.45, 7) is 2.47. The van der Waals surface area contributed by atoms with Crippen molar-refractivity contribution in [2.75, 3.05) is 13.7 Å². The quantitative estimate of drug-likeness (QED) is 0.805. The highest BCUT2D eigenvalue weighted by molar-refractivity contribution is 6.20. The third-order valence-corrected chi connectivity index (χ3v) is 2.74. The van der Waals surface area contributed by atoms with Crippen LogP contribution in [0.15, 0.2) is 24.3 Å². The van der Waals surface area contributed by atoms with Crippen molar-refractivity contribution in [2.24, 2.45) is 0 Å². The second-order valence-corrected chi connectivity index (χ2v) is 4.06. The largest absolute Gasteiger partial charge is 0.497 e. The van der Waals surface area contributed by atoms with Gasteiger partial charge in [-0.2, -0.15) is 0 Å². The van der Waals surface area contributed by atoms with Crippen LogP contribution in [0.1, 0.15) is 23.7 Å². The standard InChI is InChI=1S/C12H16ClNO2/c1-3-10(13)8-14-12(15)9-4-6-11(16-2)7-5-9/h4-7,10H,3,8H2,1-2H3,(H,14,15). The van der Waals surface area contributed by atoms with Crippen molar-refractivity contribution >= 4 is 17.5 Å². The van der Waals surface area contributed by atoms with Crippen LogP contribution in [0.5, 0.6) is 5.75 Å². The first-order valence-electron chi connectivity index (χ1n) is 5.23. The molecule has 1 unspecified atom stereocenters. The maximum atomic E-state index is 11.7. The molecule has 0 heterocycles. The Morgan fingerprint density at radius 1 is 1.44 bits per heavy atom. The number of nitrogens with one attached hydrogen (secondary N) is 1. The number of amides is 1. The van der Waals surface area contributed by atoms with Gasteiger partial charge < -0.3 is 10.1 Å². The van der Waals surface area contributed by atoms with Gasteiger partial charge in [0, 0.05) is 12.1 Å². The molecule has 0 aliphatic carbocycles. The lowest BCUT2D eigenvalue weighted by atomic mass is 10.2. The fourth-order valence-electron chi connectivity index (χ4n) is 1.19. The highest BCUT2D eigenvalue weighted by atomic mass is 35.5. The number of ether oxygens (including phenoxy) is 1. The Morgan fingerprint density at radius 3 is 2.56 bits per heavy atom. The number of hydrogen-bond acceptors (Lipinski definition) is 2. The van der Waals surface area contributed by atoms with Crippen LogP contribution in [0.4, 0.5) is 0 Å². The van der Waals surface area contributed by atoms with Gasteiger partial charge in [0.25, 0.3) is 5.91 Å². The first-order valence-corrected chi connectivity index (χ1v) is 5.67. The highest BCUT2D eigenvalue weighted by Crippen LogP contribution is 2.11. The van der Waals surface area contributed by atoms with Gasteiger partial charge in [-0.15, -0.1) is 11.6 Å². The van der Waals surface area contributed by atoms with Crippen LogP contribution in [0, 0.1) is 0 Å². The number of methoxy groups -OCH3 is 1. The Morgan fingerprint density at radius 2 is 2.06 bits per heavy atom. The van der Waals surface area contributed by atoms with E-state index in [-0.39, 0.29) is 11.3 Å². The third-order valence-electron chi connectivity index (χ3n) is 2.28. The van der Waals surface area contributed by atoms with Crippen LogP contribution >= 0.6 is 11.6 Å². The normalized spacial score (nSPS) is 11.9. The molecule has 1 aromatic carbocycles. The van der Waals surface area contributed by atoms with Gasteiger partial charge in [-0.3, -0.25) is 4.79 Å². The van der Waals surface area contributed by atoms with Crippen molar-refractivity contribution in [1.82, 2.24) is 5.32 Å². The first kappa shape index (κ1) is 12.8. The molecule has 0 aromatic heterocycles. The zero-order valence-electron chi connectivity index (χ0n) is 9.50. The van der Waals surface area contributed by atoms with E-state index in [2.05, 4.69) is 5.32 Å². The smallest absolute Gasteiger partial charge is 0.251 e. The minimum atomic E-state index is -0.109. The summed E-state index contributed by atoms with van der Waals surface area (Å²) in [7, 11) is 1.59. The van der Waals surface area contributed by atoms with Crippen LogP contribution in [-0.4, -0.2) is 24.9 Å². The van der Waals surface area contributed by atoms with Crippen molar-refractivity contribution in [1.29, 1.82) is 0 Å². The van der Waals surface area contributed by atoms with Gasteiger partial charge in [0.15, 0.2) is 0 Å². The van der Waals surface area contributed by atoms with E-state index in [9.17, 15) is 4.79 Å². The SMILES string of the molecule is CCC(Cl)CNC(=O)c1ccc(OC)cc1. The molecule has 88 valence electrons. The van der Waals surface area contributed by atoms with E-state index in [0.717, 1.165) is 12.2 Å². The number of carbonyl (C=O) groups excluding carboxylic acids is 1. The summed E-state index contributed by atoms with van der Waals surface area (Å²) in [5, 5.41) is 2.76.